The van der Waals surface area contributed by atoms with E-state index in [-0.39, 0.29) is 6.79 Å². The number of hydrogen-bond donors (Lipinski definition) is 1. The molecule has 1 fully saturated rings. The first kappa shape index (κ1) is 18.9. The average molecular weight is 406 g/mol. The molecule has 0 saturated carbocycles. The van der Waals surface area contributed by atoms with Crippen molar-refractivity contribution in [3.05, 3.63) is 40.7 Å². The molecule has 0 spiro atoms. The van der Waals surface area contributed by atoms with Gasteiger partial charge in [0.2, 0.25) is 6.79 Å². The highest BCUT2D eigenvalue weighted by molar-refractivity contribution is 6.32. The van der Waals surface area contributed by atoms with E-state index in [1.807, 2.05) is 18.2 Å². The molecule has 28 heavy (non-hydrogen) atoms. The lowest BCUT2D eigenvalue weighted by Gasteiger charge is -2.36. The van der Waals surface area contributed by atoms with Crippen LogP contribution in [-0.4, -0.2) is 60.4 Å². The molecule has 0 unspecified atom stereocenters. The van der Waals surface area contributed by atoms with Crippen molar-refractivity contribution in [2.75, 3.05) is 39.5 Å². The van der Waals surface area contributed by atoms with Crippen LogP contribution in [0.5, 0.6) is 11.5 Å². The number of aromatic nitrogens is 1. The summed E-state index contributed by atoms with van der Waals surface area (Å²) in [7, 11) is 0. The van der Waals surface area contributed by atoms with Crippen molar-refractivity contribution in [3.8, 4) is 11.5 Å². The standard InChI is InChI=1S/C19H24ClN5O3/c1-2-21-19(22-11-14-9-16(20)18-17(10-14)26-13-27-18)25-6-4-24(5-7-25)12-15-3-8-28-23-15/h3,8-10H,2,4-7,11-13H2,1H3,(H,21,22). The zero-order valence-electron chi connectivity index (χ0n) is 15.9. The average Bonchev–Trinajstić information content (AvgIpc) is 3.38. The third kappa shape index (κ3) is 4.34. The van der Waals surface area contributed by atoms with Crippen LogP contribution < -0.4 is 14.8 Å². The highest BCUT2D eigenvalue weighted by atomic mass is 35.5. The topological polar surface area (TPSA) is 75.4 Å². The summed E-state index contributed by atoms with van der Waals surface area (Å²) in [5, 5.41) is 7.95. The molecular weight excluding hydrogens is 382 g/mol. The summed E-state index contributed by atoms with van der Waals surface area (Å²) in [4.78, 5) is 9.46. The highest BCUT2D eigenvalue weighted by Gasteiger charge is 2.21. The fraction of sp³-hybridized carbons (Fsp3) is 0.474. The van der Waals surface area contributed by atoms with Crippen LogP contribution in [0.25, 0.3) is 0 Å². The van der Waals surface area contributed by atoms with Gasteiger partial charge >= 0.3 is 0 Å². The van der Waals surface area contributed by atoms with Crippen LogP contribution >= 0.6 is 11.6 Å². The number of fused-ring (bicyclic) bond motifs is 1. The lowest BCUT2D eigenvalue weighted by atomic mass is 10.2. The van der Waals surface area contributed by atoms with Crippen molar-refractivity contribution in [3.63, 3.8) is 0 Å². The van der Waals surface area contributed by atoms with E-state index < -0.39 is 0 Å². The van der Waals surface area contributed by atoms with Gasteiger partial charge in [0.1, 0.15) is 6.26 Å². The number of guanidine groups is 1. The largest absolute Gasteiger partial charge is 0.454 e. The minimum absolute atomic E-state index is 0.211. The van der Waals surface area contributed by atoms with Crippen molar-refractivity contribution in [2.45, 2.75) is 20.0 Å². The summed E-state index contributed by atoms with van der Waals surface area (Å²) in [5.74, 6) is 2.21. The number of hydrogen-bond acceptors (Lipinski definition) is 6. The Labute approximate surface area is 169 Å². The van der Waals surface area contributed by atoms with Gasteiger partial charge < -0.3 is 24.2 Å². The summed E-state index contributed by atoms with van der Waals surface area (Å²) in [6, 6.07) is 5.74. The Balaban J connectivity index is 1.38. The molecule has 0 radical (unpaired) electrons. The molecule has 0 bridgehead atoms. The molecule has 2 aromatic rings. The summed E-state index contributed by atoms with van der Waals surface area (Å²) in [6.45, 7) is 8.17. The number of rotatable bonds is 5. The van der Waals surface area contributed by atoms with Gasteiger partial charge in [0.25, 0.3) is 0 Å². The molecule has 2 aliphatic heterocycles. The maximum atomic E-state index is 6.28. The van der Waals surface area contributed by atoms with Crippen molar-refractivity contribution in [2.24, 2.45) is 4.99 Å². The monoisotopic (exact) mass is 405 g/mol. The molecule has 8 nitrogen and oxygen atoms in total. The summed E-state index contributed by atoms with van der Waals surface area (Å²) >= 11 is 6.28. The second-order valence-corrected chi connectivity index (χ2v) is 7.14. The molecule has 1 aromatic carbocycles. The van der Waals surface area contributed by atoms with Crippen LogP contribution in [0.4, 0.5) is 0 Å². The van der Waals surface area contributed by atoms with Gasteiger partial charge in [0.15, 0.2) is 17.5 Å². The number of aliphatic imine (C=N–C) groups is 1. The van der Waals surface area contributed by atoms with Gasteiger partial charge in [-0.3, -0.25) is 4.90 Å². The molecule has 4 rings (SSSR count). The zero-order chi connectivity index (χ0) is 19.3. The molecule has 0 amide bonds. The van der Waals surface area contributed by atoms with Gasteiger partial charge in [0, 0.05) is 45.3 Å². The lowest BCUT2D eigenvalue weighted by molar-refractivity contribution is 0.169. The minimum atomic E-state index is 0.211. The van der Waals surface area contributed by atoms with E-state index in [2.05, 4.69) is 27.2 Å². The Hall–Kier alpha value is -2.45. The molecule has 0 atom stereocenters. The summed E-state index contributed by atoms with van der Waals surface area (Å²) in [6.07, 6.45) is 1.61. The van der Waals surface area contributed by atoms with Gasteiger partial charge in [-0.05, 0) is 24.6 Å². The lowest BCUT2D eigenvalue weighted by Crippen LogP contribution is -2.52. The van der Waals surface area contributed by atoms with E-state index >= 15 is 0 Å². The van der Waals surface area contributed by atoms with Crippen molar-refractivity contribution in [1.29, 1.82) is 0 Å². The molecule has 150 valence electrons. The molecule has 2 aliphatic rings. The van der Waals surface area contributed by atoms with E-state index in [1.54, 1.807) is 6.26 Å². The van der Waals surface area contributed by atoms with E-state index in [9.17, 15) is 0 Å². The second kappa shape index (κ2) is 8.70. The molecule has 1 N–H and O–H groups in total. The molecule has 1 saturated heterocycles. The molecule has 0 aliphatic carbocycles. The number of piperazine rings is 1. The quantitative estimate of drug-likeness (QED) is 0.604. The SMILES string of the molecule is CCNC(=NCc1cc(Cl)c2c(c1)OCO2)N1CCN(Cc2ccon2)CC1. The maximum absolute atomic E-state index is 6.28. The van der Waals surface area contributed by atoms with Crippen molar-refractivity contribution >= 4 is 17.6 Å². The van der Waals surface area contributed by atoms with Crippen LogP contribution in [-0.2, 0) is 13.1 Å². The maximum Gasteiger partial charge on any atom is 0.231 e. The number of nitrogens with one attached hydrogen (secondary N) is 1. The third-order valence-electron chi connectivity index (χ3n) is 4.78. The fourth-order valence-electron chi connectivity index (χ4n) is 3.37. The van der Waals surface area contributed by atoms with Crippen molar-refractivity contribution in [1.82, 2.24) is 20.3 Å². The number of nitrogens with zero attached hydrogens (tertiary/aromatic N) is 4. The number of halogens is 1. The van der Waals surface area contributed by atoms with E-state index in [0.29, 0.717) is 23.1 Å². The molecule has 1 aromatic heterocycles. The van der Waals surface area contributed by atoms with Crippen LogP contribution in [0.3, 0.4) is 0 Å². The Morgan fingerprint density at radius 3 is 2.86 bits per heavy atom. The first-order valence-electron chi connectivity index (χ1n) is 9.46. The minimum Gasteiger partial charge on any atom is -0.454 e. The Kier molecular flexibility index (Phi) is 5.87. The normalized spacial score (nSPS) is 17.2. The number of ether oxygens (including phenoxy) is 2. The Morgan fingerprint density at radius 1 is 1.25 bits per heavy atom. The third-order valence-corrected chi connectivity index (χ3v) is 5.06. The van der Waals surface area contributed by atoms with E-state index in [1.165, 1.54) is 0 Å². The van der Waals surface area contributed by atoms with Gasteiger partial charge in [0.05, 0.1) is 17.3 Å². The second-order valence-electron chi connectivity index (χ2n) is 6.74. The number of benzene rings is 1. The summed E-state index contributed by atoms with van der Waals surface area (Å²) < 4.78 is 15.7. The van der Waals surface area contributed by atoms with Crippen LogP contribution in [0.15, 0.2) is 34.0 Å². The molecule has 9 heteroatoms. The van der Waals surface area contributed by atoms with Crippen LogP contribution in [0.2, 0.25) is 5.02 Å². The van der Waals surface area contributed by atoms with Gasteiger partial charge in [-0.15, -0.1) is 0 Å². The first-order valence-corrected chi connectivity index (χ1v) is 9.83. The predicted octanol–water partition coefficient (Wildman–Crippen LogP) is 2.34. The predicted molar refractivity (Wildman–Crippen MR) is 106 cm³/mol. The molecule has 3 heterocycles. The highest BCUT2D eigenvalue weighted by Crippen LogP contribution is 2.39. The van der Waals surface area contributed by atoms with Gasteiger partial charge in [-0.2, -0.15) is 0 Å². The van der Waals surface area contributed by atoms with Gasteiger partial charge in [-0.25, -0.2) is 4.99 Å². The van der Waals surface area contributed by atoms with E-state index in [4.69, 9.17) is 30.6 Å². The summed E-state index contributed by atoms with van der Waals surface area (Å²) in [5.41, 5.74) is 1.96. The Morgan fingerprint density at radius 2 is 2.11 bits per heavy atom. The smallest absolute Gasteiger partial charge is 0.231 e. The Bertz CT molecular complexity index is 819. The zero-order valence-corrected chi connectivity index (χ0v) is 16.6. The van der Waals surface area contributed by atoms with Crippen LogP contribution in [0, 0.1) is 0 Å². The fourth-order valence-corrected chi connectivity index (χ4v) is 3.66. The van der Waals surface area contributed by atoms with Crippen LogP contribution in [0.1, 0.15) is 18.2 Å². The van der Waals surface area contributed by atoms with Crippen molar-refractivity contribution < 1.29 is 14.0 Å². The van der Waals surface area contributed by atoms with E-state index in [0.717, 1.165) is 56.5 Å². The molecular formula is C19H24ClN5O3. The first-order chi connectivity index (χ1) is 13.7. The van der Waals surface area contributed by atoms with Gasteiger partial charge in [-0.1, -0.05) is 16.8 Å².